The Kier molecular flexibility index (Phi) is 3.85. The van der Waals surface area contributed by atoms with E-state index in [-0.39, 0.29) is 17.7 Å². The zero-order valence-electron chi connectivity index (χ0n) is 14.1. The third-order valence-electron chi connectivity index (χ3n) is 4.78. The van der Waals surface area contributed by atoms with Gasteiger partial charge in [-0.25, -0.2) is 8.42 Å². The third-order valence-corrected chi connectivity index (χ3v) is 6.75. The normalized spacial score (nSPS) is 19.5. The minimum Gasteiger partial charge on any atom is -0.497 e. The molecule has 25 heavy (non-hydrogen) atoms. The number of fused-ring (bicyclic) bond motifs is 2. The lowest BCUT2D eigenvalue weighted by Crippen LogP contribution is -2.38. The van der Waals surface area contributed by atoms with Gasteiger partial charge in [-0.05, 0) is 48.7 Å². The van der Waals surface area contributed by atoms with Crippen LogP contribution in [0.15, 0.2) is 41.3 Å². The van der Waals surface area contributed by atoms with Crippen molar-refractivity contribution < 1.29 is 22.6 Å². The molecule has 132 valence electrons. The van der Waals surface area contributed by atoms with Crippen molar-refractivity contribution in [1.29, 1.82) is 0 Å². The quantitative estimate of drug-likeness (QED) is 0.841. The van der Waals surface area contributed by atoms with E-state index in [4.69, 9.17) is 14.2 Å². The third kappa shape index (κ3) is 2.63. The first-order valence-electron chi connectivity index (χ1n) is 8.09. The summed E-state index contributed by atoms with van der Waals surface area (Å²) in [6.45, 7) is 2.46. The summed E-state index contributed by atoms with van der Waals surface area (Å²) in [5.74, 6) is 1.83. The molecule has 6 nitrogen and oxygen atoms in total. The van der Waals surface area contributed by atoms with Gasteiger partial charge in [-0.3, -0.25) is 0 Å². The molecule has 2 heterocycles. The van der Waals surface area contributed by atoms with Crippen molar-refractivity contribution in [2.24, 2.45) is 0 Å². The Morgan fingerprint density at radius 2 is 1.92 bits per heavy atom. The number of hydrogen-bond donors (Lipinski definition) is 0. The highest BCUT2D eigenvalue weighted by molar-refractivity contribution is 7.89. The summed E-state index contributed by atoms with van der Waals surface area (Å²) in [6.07, 6.45) is 0.653. The molecule has 2 aliphatic heterocycles. The van der Waals surface area contributed by atoms with E-state index in [2.05, 4.69) is 0 Å². The highest BCUT2D eigenvalue weighted by atomic mass is 32.2. The van der Waals surface area contributed by atoms with Crippen molar-refractivity contribution >= 4 is 10.0 Å². The van der Waals surface area contributed by atoms with Crippen LogP contribution < -0.4 is 14.2 Å². The molecule has 0 aromatic heterocycles. The number of nitrogens with zero attached hydrogens (tertiary/aromatic N) is 1. The van der Waals surface area contributed by atoms with Crippen LogP contribution in [-0.4, -0.2) is 33.2 Å². The molecule has 0 bridgehead atoms. The summed E-state index contributed by atoms with van der Waals surface area (Å²) in [4.78, 5) is 0.223. The fraction of sp³-hybridized carbons (Fsp3) is 0.333. The Hall–Kier alpha value is -2.25. The van der Waals surface area contributed by atoms with Crippen molar-refractivity contribution in [3.8, 4) is 17.2 Å². The average Bonchev–Trinajstić information content (AvgIpc) is 3.09. The molecule has 0 saturated carbocycles. The van der Waals surface area contributed by atoms with Crippen molar-refractivity contribution in [2.45, 2.75) is 24.3 Å². The average molecular weight is 361 g/mol. The second kappa shape index (κ2) is 5.93. The van der Waals surface area contributed by atoms with Crippen molar-refractivity contribution in [2.75, 3.05) is 20.4 Å². The highest BCUT2D eigenvalue weighted by Gasteiger charge is 2.34. The van der Waals surface area contributed by atoms with Crippen molar-refractivity contribution in [3.05, 3.63) is 47.5 Å². The van der Waals surface area contributed by atoms with Crippen LogP contribution in [0.3, 0.4) is 0 Å². The molecule has 2 aliphatic rings. The maximum atomic E-state index is 13.1. The van der Waals surface area contributed by atoms with E-state index in [1.165, 1.54) is 6.07 Å². The molecule has 1 atom stereocenters. The van der Waals surface area contributed by atoms with Crippen LogP contribution in [-0.2, 0) is 16.4 Å². The summed E-state index contributed by atoms with van der Waals surface area (Å²) >= 11 is 0. The zero-order chi connectivity index (χ0) is 17.6. The lowest BCUT2D eigenvalue weighted by Gasteiger charge is -2.34. The molecule has 7 heteroatoms. The molecule has 0 aliphatic carbocycles. The first kappa shape index (κ1) is 16.2. The van der Waals surface area contributed by atoms with E-state index in [1.807, 2.05) is 25.1 Å². The zero-order valence-corrected chi connectivity index (χ0v) is 14.9. The second-order valence-corrected chi connectivity index (χ2v) is 8.01. The fourth-order valence-electron chi connectivity index (χ4n) is 3.41. The lowest BCUT2D eigenvalue weighted by molar-refractivity contribution is 0.174. The minimum atomic E-state index is -3.62. The Morgan fingerprint density at radius 1 is 1.12 bits per heavy atom. The highest BCUT2D eigenvalue weighted by Crippen LogP contribution is 2.38. The van der Waals surface area contributed by atoms with Gasteiger partial charge in [0.1, 0.15) is 5.75 Å². The molecule has 0 spiro atoms. The Morgan fingerprint density at radius 3 is 2.72 bits per heavy atom. The monoisotopic (exact) mass is 361 g/mol. The molecule has 2 aromatic carbocycles. The molecule has 0 radical (unpaired) electrons. The van der Waals surface area contributed by atoms with Crippen LogP contribution >= 0.6 is 0 Å². The predicted octanol–water partition coefficient (Wildman–Crippen LogP) is 2.73. The lowest BCUT2D eigenvalue weighted by atomic mass is 9.95. The first-order chi connectivity index (χ1) is 12.0. The molecule has 4 rings (SSSR count). The number of ether oxygens (including phenoxy) is 3. The van der Waals surface area contributed by atoms with Gasteiger partial charge < -0.3 is 14.2 Å². The largest absolute Gasteiger partial charge is 0.497 e. The van der Waals surface area contributed by atoms with Gasteiger partial charge in [0.2, 0.25) is 16.8 Å². The minimum absolute atomic E-state index is 0.119. The number of sulfonamides is 1. The van der Waals surface area contributed by atoms with Crippen molar-refractivity contribution in [1.82, 2.24) is 4.31 Å². The molecule has 2 aromatic rings. The number of hydrogen-bond acceptors (Lipinski definition) is 5. The summed E-state index contributed by atoms with van der Waals surface area (Å²) in [5.41, 5.74) is 2.14. The SMILES string of the molecule is COc1ccc2c(c1)CCN(S(=O)(=O)c1ccc3c(c1)OCO3)C2C. The Labute approximate surface area is 147 Å². The summed E-state index contributed by atoms with van der Waals surface area (Å²) in [6, 6.07) is 10.3. The topological polar surface area (TPSA) is 65.1 Å². The van der Waals surface area contributed by atoms with Gasteiger partial charge in [0.05, 0.1) is 12.0 Å². The van der Waals surface area contributed by atoms with E-state index >= 15 is 0 Å². The predicted molar refractivity (Wildman–Crippen MR) is 91.6 cm³/mol. The van der Waals surface area contributed by atoms with E-state index in [0.29, 0.717) is 24.5 Å². The second-order valence-electron chi connectivity index (χ2n) is 6.12. The molecule has 1 unspecified atom stereocenters. The standard InChI is InChI=1S/C18H19NO5S/c1-12-16-5-3-14(22-2)9-13(16)7-8-19(12)25(20,21)15-4-6-17-18(10-15)24-11-23-17/h3-6,9-10,12H,7-8,11H2,1-2H3. The molecule has 0 fully saturated rings. The van der Waals surface area contributed by atoms with Gasteiger partial charge >= 0.3 is 0 Å². The van der Waals surface area contributed by atoms with Crippen molar-refractivity contribution in [3.63, 3.8) is 0 Å². The summed E-state index contributed by atoms with van der Waals surface area (Å²) in [7, 11) is -2.00. The van der Waals surface area contributed by atoms with E-state index in [9.17, 15) is 8.42 Å². The summed E-state index contributed by atoms with van der Waals surface area (Å²) in [5, 5.41) is 0. The maximum absolute atomic E-state index is 13.1. The number of methoxy groups -OCH3 is 1. The van der Waals surface area contributed by atoms with Crippen LogP contribution in [0, 0.1) is 0 Å². The van der Waals surface area contributed by atoms with Crippen LogP contribution in [0.1, 0.15) is 24.1 Å². The number of rotatable bonds is 3. The first-order valence-corrected chi connectivity index (χ1v) is 9.53. The van der Waals surface area contributed by atoms with Gasteiger partial charge in [-0.2, -0.15) is 4.31 Å². The van der Waals surface area contributed by atoms with E-state index < -0.39 is 10.0 Å². The summed E-state index contributed by atoms with van der Waals surface area (Å²) < 4.78 is 43.6. The smallest absolute Gasteiger partial charge is 0.243 e. The fourth-order valence-corrected chi connectivity index (χ4v) is 5.04. The molecule has 0 amide bonds. The van der Waals surface area contributed by atoms with E-state index in [1.54, 1.807) is 23.5 Å². The van der Waals surface area contributed by atoms with Gasteiger partial charge in [0, 0.05) is 18.7 Å². The van der Waals surface area contributed by atoms with Crippen LogP contribution in [0.4, 0.5) is 0 Å². The molecule has 0 N–H and O–H groups in total. The Balaban J connectivity index is 1.69. The van der Waals surface area contributed by atoms with Crippen LogP contribution in [0.5, 0.6) is 17.2 Å². The van der Waals surface area contributed by atoms with E-state index in [0.717, 1.165) is 16.9 Å². The van der Waals surface area contributed by atoms with Gasteiger partial charge in [0.25, 0.3) is 0 Å². The van der Waals surface area contributed by atoms with Gasteiger partial charge in [-0.15, -0.1) is 0 Å². The van der Waals surface area contributed by atoms with Gasteiger partial charge in [-0.1, -0.05) is 6.07 Å². The molecular formula is C18H19NO5S. The molecule has 0 saturated heterocycles. The maximum Gasteiger partial charge on any atom is 0.243 e. The van der Waals surface area contributed by atoms with Gasteiger partial charge in [0.15, 0.2) is 11.5 Å². The van der Waals surface area contributed by atoms with Crippen LogP contribution in [0.2, 0.25) is 0 Å². The number of benzene rings is 2. The Bertz CT molecular complexity index is 925. The molecular weight excluding hydrogens is 342 g/mol. The van der Waals surface area contributed by atoms with Crippen LogP contribution in [0.25, 0.3) is 0 Å².